The number of pyridine rings is 1. The predicted molar refractivity (Wildman–Crippen MR) is 130 cm³/mol. The molecular weight excluding hydrogens is 398 g/mol. The number of allylic oxidation sites excluding steroid dienone is 1. The van der Waals surface area contributed by atoms with Gasteiger partial charge in [-0.3, -0.25) is 4.90 Å². The van der Waals surface area contributed by atoms with Crippen LogP contribution < -0.4 is 5.32 Å². The van der Waals surface area contributed by atoms with Crippen molar-refractivity contribution in [1.82, 2.24) is 35.1 Å². The molecule has 7 heteroatoms. The Bertz CT molecular complexity index is 1050. The molecule has 1 aromatic carbocycles. The SMILES string of the molecule is C=C(C)N1CCN(CC(CCc2nc(-n3nnc4ccccc43)ccc2C)CNC)CC1. The zero-order valence-electron chi connectivity index (χ0n) is 19.6. The van der Waals surface area contributed by atoms with Gasteiger partial charge in [-0.25, -0.2) is 4.98 Å². The highest BCUT2D eigenvalue weighted by Crippen LogP contribution is 2.19. The summed E-state index contributed by atoms with van der Waals surface area (Å²) >= 11 is 0. The van der Waals surface area contributed by atoms with Crippen molar-refractivity contribution in [3.05, 3.63) is 59.9 Å². The van der Waals surface area contributed by atoms with Gasteiger partial charge in [-0.2, -0.15) is 4.68 Å². The topological polar surface area (TPSA) is 62.1 Å². The van der Waals surface area contributed by atoms with Gasteiger partial charge in [-0.15, -0.1) is 5.10 Å². The Labute approximate surface area is 191 Å². The van der Waals surface area contributed by atoms with Crippen LogP contribution in [0.1, 0.15) is 24.6 Å². The summed E-state index contributed by atoms with van der Waals surface area (Å²) in [4.78, 5) is 9.97. The van der Waals surface area contributed by atoms with Crippen LogP contribution in [-0.4, -0.2) is 76.1 Å². The minimum Gasteiger partial charge on any atom is -0.373 e. The van der Waals surface area contributed by atoms with E-state index in [4.69, 9.17) is 4.98 Å². The van der Waals surface area contributed by atoms with Gasteiger partial charge in [-0.1, -0.05) is 30.0 Å². The molecule has 1 N–H and O–H groups in total. The maximum absolute atomic E-state index is 4.98. The van der Waals surface area contributed by atoms with Crippen LogP contribution >= 0.6 is 0 Å². The Morgan fingerprint density at radius 3 is 2.66 bits per heavy atom. The number of hydrogen-bond acceptors (Lipinski definition) is 6. The molecule has 0 bridgehead atoms. The van der Waals surface area contributed by atoms with Crippen LogP contribution in [0.25, 0.3) is 16.9 Å². The third-order valence-corrected chi connectivity index (χ3v) is 6.47. The molecule has 0 amide bonds. The van der Waals surface area contributed by atoms with E-state index in [1.54, 1.807) is 0 Å². The number of aryl methyl sites for hydroxylation is 2. The van der Waals surface area contributed by atoms with Crippen molar-refractivity contribution >= 4 is 11.0 Å². The van der Waals surface area contributed by atoms with E-state index >= 15 is 0 Å². The first kappa shape index (κ1) is 22.4. The van der Waals surface area contributed by atoms with Crippen molar-refractivity contribution in [3.63, 3.8) is 0 Å². The molecule has 7 nitrogen and oxygen atoms in total. The van der Waals surface area contributed by atoms with Crippen LogP contribution in [-0.2, 0) is 6.42 Å². The van der Waals surface area contributed by atoms with E-state index in [9.17, 15) is 0 Å². The number of benzene rings is 1. The lowest BCUT2D eigenvalue weighted by Gasteiger charge is -2.37. The van der Waals surface area contributed by atoms with Gasteiger partial charge >= 0.3 is 0 Å². The monoisotopic (exact) mass is 433 g/mol. The van der Waals surface area contributed by atoms with Crippen LogP contribution in [0.15, 0.2) is 48.7 Å². The minimum absolute atomic E-state index is 0.591. The smallest absolute Gasteiger partial charge is 0.156 e. The van der Waals surface area contributed by atoms with Crippen molar-refractivity contribution in [2.45, 2.75) is 26.7 Å². The van der Waals surface area contributed by atoms with Crippen LogP contribution in [0, 0.1) is 12.8 Å². The van der Waals surface area contributed by atoms with E-state index < -0.39 is 0 Å². The molecule has 2 aromatic heterocycles. The standard InChI is InChI=1S/C25H35N7/c1-19(2)31-15-13-30(14-16-31)18-21(17-26-4)10-11-22-20(3)9-12-25(27-22)32-24-8-6-5-7-23(24)28-29-32/h5-9,12,21,26H,1,10-11,13-18H2,2-4H3. The summed E-state index contributed by atoms with van der Waals surface area (Å²) in [5.74, 6) is 1.42. The summed E-state index contributed by atoms with van der Waals surface area (Å²) < 4.78 is 1.84. The Morgan fingerprint density at radius 2 is 1.91 bits per heavy atom. The molecule has 1 fully saturated rings. The molecule has 1 saturated heterocycles. The maximum atomic E-state index is 4.98. The van der Waals surface area contributed by atoms with Gasteiger partial charge < -0.3 is 10.2 Å². The third kappa shape index (κ3) is 5.16. The minimum atomic E-state index is 0.591. The summed E-state index contributed by atoms with van der Waals surface area (Å²) in [5, 5.41) is 12.0. The lowest BCUT2D eigenvalue weighted by molar-refractivity contribution is 0.138. The summed E-state index contributed by atoms with van der Waals surface area (Å²) in [6.45, 7) is 14.9. The van der Waals surface area contributed by atoms with Gasteiger partial charge in [0.25, 0.3) is 0 Å². The number of nitrogens with zero attached hydrogens (tertiary/aromatic N) is 6. The molecule has 0 aliphatic carbocycles. The number of nitrogens with one attached hydrogen (secondary N) is 1. The summed E-state index contributed by atoms with van der Waals surface area (Å²) in [5.41, 5.74) is 5.43. The van der Waals surface area contributed by atoms with E-state index in [-0.39, 0.29) is 0 Å². The zero-order valence-corrected chi connectivity index (χ0v) is 19.6. The van der Waals surface area contributed by atoms with E-state index in [0.29, 0.717) is 5.92 Å². The van der Waals surface area contributed by atoms with Gasteiger partial charge in [0, 0.05) is 44.1 Å². The van der Waals surface area contributed by atoms with Crippen LogP contribution in [0.5, 0.6) is 0 Å². The molecule has 0 spiro atoms. The highest BCUT2D eigenvalue weighted by molar-refractivity contribution is 5.75. The number of para-hydroxylation sites is 1. The van der Waals surface area contributed by atoms with Gasteiger partial charge in [-0.05, 0) is 70.0 Å². The van der Waals surface area contributed by atoms with E-state index in [2.05, 4.69) is 51.9 Å². The fourth-order valence-electron chi connectivity index (χ4n) is 4.53. The van der Waals surface area contributed by atoms with Gasteiger partial charge in [0.1, 0.15) is 5.52 Å². The molecule has 3 heterocycles. The molecule has 32 heavy (non-hydrogen) atoms. The molecule has 1 aliphatic heterocycles. The van der Waals surface area contributed by atoms with Crippen LogP contribution in [0.3, 0.4) is 0 Å². The van der Waals surface area contributed by atoms with Gasteiger partial charge in [0.15, 0.2) is 5.82 Å². The van der Waals surface area contributed by atoms with Gasteiger partial charge in [0.2, 0.25) is 0 Å². The Balaban J connectivity index is 1.42. The lowest BCUT2D eigenvalue weighted by atomic mass is 9.99. The number of aromatic nitrogens is 4. The Kier molecular flexibility index (Phi) is 7.17. The molecule has 3 aromatic rings. The first-order chi connectivity index (χ1) is 15.5. The Hall–Kier alpha value is -2.77. The van der Waals surface area contributed by atoms with E-state index in [1.807, 2.05) is 42.1 Å². The molecule has 1 atom stereocenters. The fourth-order valence-corrected chi connectivity index (χ4v) is 4.53. The number of rotatable bonds is 9. The number of piperazine rings is 1. The largest absolute Gasteiger partial charge is 0.373 e. The van der Waals surface area contributed by atoms with Crippen molar-refractivity contribution in [2.24, 2.45) is 5.92 Å². The van der Waals surface area contributed by atoms with Crippen molar-refractivity contribution < 1.29 is 0 Å². The van der Waals surface area contributed by atoms with E-state index in [1.165, 1.54) is 11.3 Å². The second-order valence-corrected chi connectivity index (χ2v) is 8.91. The molecule has 0 saturated carbocycles. The average molecular weight is 434 g/mol. The molecular formula is C25H35N7. The third-order valence-electron chi connectivity index (χ3n) is 6.47. The van der Waals surface area contributed by atoms with Crippen molar-refractivity contribution in [2.75, 3.05) is 46.3 Å². The molecule has 0 radical (unpaired) electrons. The highest BCUT2D eigenvalue weighted by Gasteiger charge is 2.20. The van der Waals surface area contributed by atoms with Crippen molar-refractivity contribution in [3.8, 4) is 5.82 Å². The summed E-state index contributed by atoms with van der Waals surface area (Å²) in [6, 6.07) is 12.2. The van der Waals surface area contributed by atoms with E-state index in [0.717, 1.165) is 74.7 Å². The molecule has 1 unspecified atom stereocenters. The molecule has 1 aliphatic rings. The van der Waals surface area contributed by atoms with Crippen LogP contribution in [0.4, 0.5) is 0 Å². The van der Waals surface area contributed by atoms with Crippen LogP contribution in [0.2, 0.25) is 0 Å². The summed E-state index contributed by atoms with van der Waals surface area (Å²) in [6.07, 6.45) is 2.07. The second kappa shape index (κ2) is 10.2. The molecule has 4 rings (SSSR count). The maximum Gasteiger partial charge on any atom is 0.156 e. The normalized spacial score (nSPS) is 15.9. The first-order valence-corrected chi connectivity index (χ1v) is 11.6. The predicted octanol–water partition coefficient (Wildman–Crippen LogP) is 3.04. The quantitative estimate of drug-likeness (QED) is 0.560. The second-order valence-electron chi connectivity index (χ2n) is 8.91. The summed E-state index contributed by atoms with van der Waals surface area (Å²) in [7, 11) is 2.05. The van der Waals surface area contributed by atoms with Crippen molar-refractivity contribution in [1.29, 1.82) is 0 Å². The first-order valence-electron chi connectivity index (χ1n) is 11.6. The lowest BCUT2D eigenvalue weighted by Crippen LogP contribution is -2.47. The van der Waals surface area contributed by atoms with Gasteiger partial charge in [0.05, 0.1) is 5.52 Å². The highest BCUT2D eigenvalue weighted by atomic mass is 15.4. The number of hydrogen-bond donors (Lipinski definition) is 1. The fraction of sp³-hybridized carbons (Fsp3) is 0.480. The molecule has 170 valence electrons. The number of fused-ring (bicyclic) bond motifs is 1. The Morgan fingerprint density at radius 1 is 1.12 bits per heavy atom. The zero-order chi connectivity index (χ0) is 22.5. The average Bonchev–Trinajstić information content (AvgIpc) is 3.23.